The minimum Gasteiger partial charge on any atom is -0.492 e. The number of carboxylic acids is 1. The van der Waals surface area contributed by atoms with Crippen LogP contribution in [0.4, 0.5) is 11.4 Å². The number of aliphatic hydroxyl groups excluding tert-OH is 1. The van der Waals surface area contributed by atoms with Crippen molar-refractivity contribution in [1.29, 1.82) is 0 Å². The molecular formula is C21H24N2O7S. The molecule has 0 fully saturated rings. The Hall–Kier alpha value is -3.24. The molecule has 3 rings (SSSR count). The number of fused-ring (bicyclic) bond motifs is 1. The molecule has 0 atom stereocenters. The van der Waals surface area contributed by atoms with Gasteiger partial charge in [-0.15, -0.1) is 0 Å². The van der Waals surface area contributed by atoms with Gasteiger partial charge in [-0.25, -0.2) is 13.2 Å². The van der Waals surface area contributed by atoms with Crippen LogP contribution in [0.5, 0.6) is 5.75 Å². The van der Waals surface area contributed by atoms with Crippen LogP contribution in [0.2, 0.25) is 0 Å². The number of benzene rings is 2. The van der Waals surface area contributed by atoms with E-state index in [0.717, 1.165) is 6.26 Å². The molecule has 0 unspecified atom stereocenters. The summed E-state index contributed by atoms with van der Waals surface area (Å²) in [4.78, 5) is 13.1. The molecule has 2 aromatic carbocycles. The molecule has 0 aliphatic rings. The fraction of sp³-hybridized carbons (Fsp3) is 0.286. The third-order valence-corrected chi connectivity index (χ3v) is 5.23. The van der Waals surface area contributed by atoms with Gasteiger partial charge in [0, 0.05) is 23.6 Å². The number of carboxylic acid groups (broad SMARTS) is 1. The Labute approximate surface area is 179 Å². The first-order valence-electron chi connectivity index (χ1n) is 9.51. The molecule has 0 radical (unpaired) electrons. The Morgan fingerprint density at radius 3 is 2.61 bits per heavy atom. The van der Waals surface area contributed by atoms with Crippen molar-refractivity contribution in [1.82, 2.24) is 0 Å². The summed E-state index contributed by atoms with van der Waals surface area (Å²) < 4.78 is 37.0. The average Bonchev–Trinajstić information content (AvgIpc) is 3.03. The third kappa shape index (κ3) is 5.47. The van der Waals surface area contributed by atoms with Gasteiger partial charge in [0.05, 0.1) is 30.8 Å². The average molecular weight is 448 g/mol. The molecule has 31 heavy (non-hydrogen) atoms. The number of ether oxygens (including phenoxy) is 1. The minimum absolute atomic E-state index is 0.101. The van der Waals surface area contributed by atoms with Crippen molar-refractivity contribution >= 4 is 38.3 Å². The van der Waals surface area contributed by atoms with E-state index in [4.69, 9.17) is 9.15 Å². The van der Waals surface area contributed by atoms with Gasteiger partial charge in [0.15, 0.2) is 0 Å². The van der Waals surface area contributed by atoms with Gasteiger partial charge in [-0.3, -0.25) is 4.72 Å². The second kappa shape index (κ2) is 9.27. The van der Waals surface area contributed by atoms with E-state index in [-0.39, 0.29) is 25.5 Å². The molecule has 0 aliphatic carbocycles. The van der Waals surface area contributed by atoms with Crippen molar-refractivity contribution < 1.29 is 32.6 Å². The number of aromatic carboxylic acids is 1. The van der Waals surface area contributed by atoms with E-state index < -0.39 is 16.0 Å². The van der Waals surface area contributed by atoms with Gasteiger partial charge in [0.2, 0.25) is 15.8 Å². The standard InChI is InChI=1S/C21H24N2O7S/c1-14-16-8-7-15(13-19(16)30-20(14)21(25)26)29-12-10-23(9-11-24)18-6-4-3-5-17(18)22-31(2,27)28/h3-8,13,22,24H,9-12H2,1-2H3,(H,25,26). The van der Waals surface area contributed by atoms with Crippen LogP contribution in [0.3, 0.4) is 0 Å². The predicted molar refractivity (Wildman–Crippen MR) is 118 cm³/mol. The molecule has 0 saturated carbocycles. The molecule has 9 nitrogen and oxygen atoms in total. The van der Waals surface area contributed by atoms with Crippen molar-refractivity contribution in [3.8, 4) is 5.75 Å². The normalized spacial score (nSPS) is 11.5. The maximum atomic E-state index is 11.7. The van der Waals surface area contributed by atoms with Gasteiger partial charge in [-0.05, 0) is 31.2 Å². The van der Waals surface area contributed by atoms with Crippen LogP contribution < -0.4 is 14.4 Å². The number of furan rings is 1. The monoisotopic (exact) mass is 448 g/mol. The number of rotatable bonds is 10. The van der Waals surface area contributed by atoms with E-state index in [1.54, 1.807) is 49.4 Å². The fourth-order valence-corrected chi connectivity index (χ4v) is 3.85. The first-order chi connectivity index (χ1) is 14.7. The Morgan fingerprint density at radius 2 is 1.94 bits per heavy atom. The zero-order valence-corrected chi connectivity index (χ0v) is 18.0. The summed E-state index contributed by atoms with van der Waals surface area (Å²) in [6.45, 7) is 2.46. The first kappa shape index (κ1) is 22.4. The van der Waals surface area contributed by atoms with Gasteiger partial charge >= 0.3 is 5.97 Å². The zero-order valence-electron chi connectivity index (χ0n) is 17.2. The molecule has 3 aromatic rings. The summed E-state index contributed by atoms with van der Waals surface area (Å²) in [7, 11) is -3.46. The molecule has 0 spiro atoms. The lowest BCUT2D eigenvalue weighted by Gasteiger charge is -2.26. The molecular weight excluding hydrogens is 424 g/mol. The SMILES string of the molecule is Cc1c(C(=O)O)oc2cc(OCCN(CCO)c3ccccc3NS(C)(=O)=O)ccc12. The van der Waals surface area contributed by atoms with Gasteiger partial charge in [0.25, 0.3) is 0 Å². The van der Waals surface area contributed by atoms with Crippen molar-refractivity contribution in [3.05, 3.63) is 53.8 Å². The third-order valence-electron chi connectivity index (χ3n) is 4.64. The van der Waals surface area contributed by atoms with E-state index in [1.807, 2.05) is 4.90 Å². The Morgan fingerprint density at radius 1 is 1.19 bits per heavy atom. The smallest absolute Gasteiger partial charge is 0.372 e. The van der Waals surface area contributed by atoms with Crippen LogP contribution in [0.25, 0.3) is 11.0 Å². The molecule has 166 valence electrons. The summed E-state index contributed by atoms with van der Waals surface area (Å²) in [5.41, 5.74) is 2.00. The quantitative estimate of drug-likeness (QED) is 0.432. The number of anilines is 2. The highest BCUT2D eigenvalue weighted by Crippen LogP contribution is 2.29. The van der Waals surface area contributed by atoms with E-state index in [0.29, 0.717) is 40.2 Å². The molecule has 10 heteroatoms. The largest absolute Gasteiger partial charge is 0.492 e. The molecule has 0 amide bonds. The van der Waals surface area contributed by atoms with Gasteiger partial charge in [-0.1, -0.05) is 12.1 Å². The van der Waals surface area contributed by atoms with E-state index >= 15 is 0 Å². The second-order valence-electron chi connectivity index (χ2n) is 6.97. The topological polar surface area (TPSA) is 129 Å². The van der Waals surface area contributed by atoms with E-state index in [9.17, 15) is 23.4 Å². The highest BCUT2D eigenvalue weighted by Gasteiger charge is 2.17. The lowest BCUT2D eigenvalue weighted by molar-refractivity contribution is 0.0664. The zero-order chi connectivity index (χ0) is 22.6. The first-order valence-corrected chi connectivity index (χ1v) is 11.4. The van der Waals surface area contributed by atoms with Crippen LogP contribution in [0, 0.1) is 6.92 Å². The lowest BCUT2D eigenvalue weighted by Crippen LogP contribution is -2.32. The molecule has 0 saturated heterocycles. The summed E-state index contributed by atoms with van der Waals surface area (Å²) in [5, 5.41) is 19.3. The fourth-order valence-electron chi connectivity index (χ4n) is 3.28. The number of aryl methyl sites for hydroxylation is 1. The van der Waals surface area contributed by atoms with Crippen LogP contribution in [-0.2, 0) is 10.0 Å². The number of hydrogen-bond donors (Lipinski definition) is 3. The van der Waals surface area contributed by atoms with Crippen LogP contribution >= 0.6 is 0 Å². The van der Waals surface area contributed by atoms with Gasteiger partial charge in [0.1, 0.15) is 17.9 Å². The van der Waals surface area contributed by atoms with Crippen LogP contribution in [0.1, 0.15) is 16.1 Å². The van der Waals surface area contributed by atoms with Crippen LogP contribution in [0.15, 0.2) is 46.9 Å². The Balaban J connectivity index is 1.74. The molecule has 0 aliphatic heterocycles. The number of hydrogen-bond acceptors (Lipinski definition) is 7. The molecule has 3 N–H and O–H groups in total. The minimum atomic E-state index is -3.46. The number of nitrogens with one attached hydrogen (secondary N) is 1. The number of sulfonamides is 1. The van der Waals surface area contributed by atoms with Gasteiger partial charge < -0.3 is 24.3 Å². The predicted octanol–water partition coefficient (Wildman–Crippen LogP) is 2.69. The molecule has 1 aromatic heterocycles. The van der Waals surface area contributed by atoms with Gasteiger partial charge in [-0.2, -0.15) is 0 Å². The summed E-state index contributed by atoms with van der Waals surface area (Å²) >= 11 is 0. The summed E-state index contributed by atoms with van der Waals surface area (Å²) in [6, 6.07) is 12.0. The maximum absolute atomic E-state index is 11.7. The Kier molecular flexibility index (Phi) is 6.71. The van der Waals surface area contributed by atoms with Crippen molar-refractivity contribution in [2.75, 3.05) is 42.2 Å². The molecule has 0 bridgehead atoms. The van der Waals surface area contributed by atoms with Crippen molar-refractivity contribution in [2.45, 2.75) is 6.92 Å². The van der Waals surface area contributed by atoms with Crippen LogP contribution in [-0.4, -0.2) is 57.2 Å². The van der Waals surface area contributed by atoms with Crippen molar-refractivity contribution in [3.63, 3.8) is 0 Å². The second-order valence-corrected chi connectivity index (χ2v) is 8.72. The Bertz CT molecular complexity index is 1190. The number of nitrogens with zero attached hydrogens (tertiary/aromatic N) is 1. The van der Waals surface area contributed by atoms with E-state index in [1.165, 1.54) is 0 Å². The number of aliphatic hydroxyl groups is 1. The number of carbonyl (C=O) groups is 1. The summed E-state index contributed by atoms with van der Waals surface area (Å²) in [6.07, 6.45) is 1.07. The lowest BCUT2D eigenvalue weighted by atomic mass is 10.1. The van der Waals surface area contributed by atoms with Crippen molar-refractivity contribution in [2.24, 2.45) is 0 Å². The number of para-hydroxylation sites is 2. The van der Waals surface area contributed by atoms with E-state index in [2.05, 4.69) is 4.72 Å². The highest BCUT2D eigenvalue weighted by atomic mass is 32.2. The summed E-state index contributed by atoms with van der Waals surface area (Å²) in [5.74, 6) is -0.724. The highest BCUT2D eigenvalue weighted by molar-refractivity contribution is 7.92. The maximum Gasteiger partial charge on any atom is 0.372 e. The molecule has 1 heterocycles.